The first-order valence-electron chi connectivity index (χ1n) is 4.90. The highest BCUT2D eigenvalue weighted by Gasteiger charge is 2.22. The molecule has 0 aliphatic carbocycles. The molecule has 1 atom stereocenters. The minimum Gasteiger partial charge on any atom is -0.354 e. The number of hydrogen-bond donors (Lipinski definition) is 2. The molecule has 1 rings (SSSR count). The Hall–Kier alpha value is -1.10. The van der Waals surface area contributed by atoms with Gasteiger partial charge in [0.25, 0.3) is 0 Å². The normalized spacial score (nSPS) is 19.9. The van der Waals surface area contributed by atoms with E-state index in [1.807, 2.05) is 0 Å². The molecular weight excluding hydrogens is 182 g/mol. The van der Waals surface area contributed by atoms with Crippen LogP contribution in [0.2, 0.25) is 0 Å². The number of hydrogen-bond acceptors (Lipinski definition) is 3. The van der Waals surface area contributed by atoms with E-state index >= 15 is 0 Å². The van der Waals surface area contributed by atoms with Gasteiger partial charge in [-0.15, -0.1) is 0 Å². The summed E-state index contributed by atoms with van der Waals surface area (Å²) in [6.07, 6.45) is 0.814. The molecule has 1 aliphatic heterocycles. The highest BCUT2D eigenvalue weighted by Crippen LogP contribution is 2.03. The van der Waals surface area contributed by atoms with Gasteiger partial charge >= 0.3 is 0 Å². The Bertz CT molecular complexity index is 230. The summed E-state index contributed by atoms with van der Waals surface area (Å²) < 4.78 is 0. The van der Waals surface area contributed by atoms with Crippen molar-refractivity contribution >= 4 is 11.8 Å². The molecule has 2 amide bonds. The second kappa shape index (κ2) is 4.95. The fraction of sp³-hybridized carbons (Fsp3) is 0.778. The lowest BCUT2D eigenvalue weighted by Gasteiger charge is -2.22. The van der Waals surface area contributed by atoms with Crippen LogP contribution in [0.15, 0.2) is 0 Å². The van der Waals surface area contributed by atoms with E-state index in [0.29, 0.717) is 19.6 Å². The molecule has 1 aliphatic rings. The SMILES string of the molecule is CC(CN)C(=O)N1CCCNC(=O)C1. The summed E-state index contributed by atoms with van der Waals surface area (Å²) in [7, 11) is 0. The first-order chi connectivity index (χ1) is 6.65. The molecule has 0 aromatic heterocycles. The number of nitrogens with two attached hydrogens (primary N) is 1. The van der Waals surface area contributed by atoms with E-state index in [2.05, 4.69) is 5.32 Å². The fourth-order valence-corrected chi connectivity index (χ4v) is 1.41. The van der Waals surface area contributed by atoms with Crippen LogP contribution in [0.5, 0.6) is 0 Å². The molecule has 0 spiro atoms. The van der Waals surface area contributed by atoms with E-state index in [-0.39, 0.29) is 24.3 Å². The van der Waals surface area contributed by atoms with Crippen LogP contribution in [0.1, 0.15) is 13.3 Å². The van der Waals surface area contributed by atoms with E-state index in [0.717, 1.165) is 6.42 Å². The lowest BCUT2D eigenvalue weighted by Crippen LogP contribution is -2.41. The molecule has 0 radical (unpaired) electrons. The molecule has 1 heterocycles. The molecule has 1 saturated heterocycles. The van der Waals surface area contributed by atoms with Gasteiger partial charge < -0.3 is 16.0 Å². The summed E-state index contributed by atoms with van der Waals surface area (Å²) >= 11 is 0. The maximum Gasteiger partial charge on any atom is 0.239 e. The van der Waals surface area contributed by atoms with Crippen molar-refractivity contribution < 1.29 is 9.59 Å². The molecule has 3 N–H and O–H groups in total. The molecule has 5 heteroatoms. The average Bonchev–Trinajstić information content (AvgIpc) is 2.40. The van der Waals surface area contributed by atoms with Gasteiger partial charge in [-0.1, -0.05) is 6.92 Å². The molecule has 80 valence electrons. The van der Waals surface area contributed by atoms with Gasteiger partial charge in [0, 0.05) is 25.6 Å². The zero-order valence-corrected chi connectivity index (χ0v) is 8.45. The topological polar surface area (TPSA) is 75.4 Å². The van der Waals surface area contributed by atoms with Crippen LogP contribution >= 0.6 is 0 Å². The van der Waals surface area contributed by atoms with Crippen molar-refractivity contribution in [1.29, 1.82) is 0 Å². The van der Waals surface area contributed by atoms with Crippen LogP contribution in [0.4, 0.5) is 0 Å². The number of amides is 2. The van der Waals surface area contributed by atoms with Crippen LogP contribution in [-0.4, -0.2) is 42.9 Å². The molecule has 0 aromatic rings. The average molecular weight is 199 g/mol. The minimum atomic E-state index is -0.194. The fourth-order valence-electron chi connectivity index (χ4n) is 1.41. The van der Waals surface area contributed by atoms with Crippen LogP contribution in [0.25, 0.3) is 0 Å². The first-order valence-corrected chi connectivity index (χ1v) is 4.90. The van der Waals surface area contributed by atoms with Crippen LogP contribution in [0, 0.1) is 5.92 Å². The van der Waals surface area contributed by atoms with Gasteiger partial charge in [-0.25, -0.2) is 0 Å². The third kappa shape index (κ3) is 2.70. The van der Waals surface area contributed by atoms with Crippen LogP contribution in [-0.2, 0) is 9.59 Å². The van der Waals surface area contributed by atoms with Crippen molar-refractivity contribution in [3.05, 3.63) is 0 Å². The molecule has 0 saturated carbocycles. The number of carbonyl (C=O) groups excluding carboxylic acids is 2. The van der Waals surface area contributed by atoms with Crippen LogP contribution < -0.4 is 11.1 Å². The van der Waals surface area contributed by atoms with Crippen molar-refractivity contribution in [1.82, 2.24) is 10.2 Å². The van der Waals surface area contributed by atoms with E-state index in [9.17, 15) is 9.59 Å². The smallest absolute Gasteiger partial charge is 0.239 e. The van der Waals surface area contributed by atoms with Gasteiger partial charge in [0.1, 0.15) is 0 Å². The van der Waals surface area contributed by atoms with Gasteiger partial charge in [-0.3, -0.25) is 9.59 Å². The van der Waals surface area contributed by atoms with Gasteiger partial charge in [0.2, 0.25) is 11.8 Å². The third-order valence-corrected chi connectivity index (χ3v) is 2.35. The Labute approximate surface area is 83.6 Å². The highest BCUT2D eigenvalue weighted by atomic mass is 16.2. The van der Waals surface area contributed by atoms with Crippen molar-refractivity contribution in [2.75, 3.05) is 26.2 Å². The van der Waals surface area contributed by atoms with Crippen LogP contribution in [0.3, 0.4) is 0 Å². The van der Waals surface area contributed by atoms with E-state index < -0.39 is 0 Å². The Morgan fingerprint density at radius 2 is 2.43 bits per heavy atom. The van der Waals surface area contributed by atoms with E-state index in [1.54, 1.807) is 11.8 Å². The number of carbonyl (C=O) groups is 2. The maximum absolute atomic E-state index is 11.7. The number of nitrogens with one attached hydrogen (secondary N) is 1. The number of nitrogens with zero attached hydrogens (tertiary/aromatic N) is 1. The second-order valence-corrected chi connectivity index (χ2v) is 3.60. The predicted octanol–water partition coefficient (Wildman–Crippen LogP) is -1.07. The summed E-state index contributed by atoms with van der Waals surface area (Å²) in [5.41, 5.74) is 5.41. The maximum atomic E-state index is 11.7. The second-order valence-electron chi connectivity index (χ2n) is 3.60. The lowest BCUT2D eigenvalue weighted by molar-refractivity contribution is -0.138. The summed E-state index contributed by atoms with van der Waals surface area (Å²) in [6.45, 7) is 3.58. The van der Waals surface area contributed by atoms with Crippen molar-refractivity contribution in [2.24, 2.45) is 11.7 Å². The molecular formula is C9H17N3O2. The third-order valence-electron chi connectivity index (χ3n) is 2.35. The van der Waals surface area contributed by atoms with Gasteiger partial charge in [0.15, 0.2) is 0 Å². The molecule has 0 aromatic carbocycles. The molecule has 1 fully saturated rings. The summed E-state index contributed by atoms with van der Waals surface area (Å²) in [6, 6.07) is 0. The highest BCUT2D eigenvalue weighted by molar-refractivity contribution is 5.86. The van der Waals surface area contributed by atoms with E-state index in [4.69, 9.17) is 5.73 Å². The monoisotopic (exact) mass is 199 g/mol. The largest absolute Gasteiger partial charge is 0.354 e. The number of rotatable bonds is 2. The Morgan fingerprint density at radius 3 is 3.07 bits per heavy atom. The zero-order chi connectivity index (χ0) is 10.6. The minimum absolute atomic E-state index is 0.0236. The lowest BCUT2D eigenvalue weighted by atomic mass is 10.1. The predicted molar refractivity (Wildman–Crippen MR) is 52.4 cm³/mol. The molecule has 14 heavy (non-hydrogen) atoms. The summed E-state index contributed by atoms with van der Waals surface area (Å²) in [4.78, 5) is 24.4. The Morgan fingerprint density at radius 1 is 1.71 bits per heavy atom. The van der Waals surface area contributed by atoms with Gasteiger partial charge in [-0.2, -0.15) is 0 Å². The Balaban J connectivity index is 2.56. The van der Waals surface area contributed by atoms with Gasteiger partial charge in [-0.05, 0) is 6.42 Å². The van der Waals surface area contributed by atoms with Crippen molar-refractivity contribution in [2.45, 2.75) is 13.3 Å². The van der Waals surface area contributed by atoms with Gasteiger partial charge in [0.05, 0.1) is 6.54 Å². The van der Waals surface area contributed by atoms with Crippen molar-refractivity contribution in [3.63, 3.8) is 0 Å². The standard InChI is InChI=1S/C9H17N3O2/c1-7(5-10)9(14)12-4-2-3-11-8(13)6-12/h7H,2-6,10H2,1H3,(H,11,13). The quantitative estimate of drug-likeness (QED) is 0.594. The summed E-state index contributed by atoms with van der Waals surface area (Å²) in [5.74, 6) is -0.300. The molecule has 0 bridgehead atoms. The molecule has 1 unspecified atom stereocenters. The zero-order valence-electron chi connectivity index (χ0n) is 8.45. The molecule has 5 nitrogen and oxygen atoms in total. The van der Waals surface area contributed by atoms with Crippen molar-refractivity contribution in [3.8, 4) is 0 Å². The summed E-state index contributed by atoms with van der Waals surface area (Å²) in [5, 5.41) is 2.72. The Kier molecular flexibility index (Phi) is 3.88. The first kappa shape index (κ1) is 11.0. The van der Waals surface area contributed by atoms with E-state index in [1.165, 1.54) is 0 Å².